The van der Waals surface area contributed by atoms with Crippen LogP contribution >= 0.6 is 0 Å². The third-order valence-electron chi connectivity index (χ3n) is 4.11. The second kappa shape index (κ2) is 10.1. The van der Waals surface area contributed by atoms with Gasteiger partial charge in [-0.25, -0.2) is 0 Å². The van der Waals surface area contributed by atoms with Crippen LogP contribution in [0.25, 0.3) is 0 Å². The van der Waals surface area contributed by atoms with E-state index in [0.717, 1.165) is 37.3 Å². The zero-order valence-electron chi connectivity index (χ0n) is 16.7. The summed E-state index contributed by atoms with van der Waals surface area (Å²) < 4.78 is 65.2. The van der Waals surface area contributed by atoms with Crippen LogP contribution in [0.5, 0.6) is 5.75 Å². The van der Waals surface area contributed by atoms with Gasteiger partial charge in [0.05, 0.1) is 0 Å². The molecule has 0 saturated carbocycles. The Hall–Kier alpha value is -3.04. The van der Waals surface area contributed by atoms with E-state index in [-0.39, 0.29) is 29.8 Å². The van der Waals surface area contributed by atoms with Crippen molar-refractivity contribution in [1.82, 2.24) is 0 Å². The van der Waals surface area contributed by atoms with Crippen molar-refractivity contribution in [3.8, 4) is 5.75 Å². The van der Waals surface area contributed by atoms with Gasteiger partial charge in [0.1, 0.15) is 0 Å². The predicted molar refractivity (Wildman–Crippen MR) is 106 cm³/mol. The number of phenols is 1. The van der Waals surface area contributed by atoms with Gasteiger partial charge in [-0.05, 0) is 0 Å². The second-order valence-corrected chi connectivity index (χ2v) is 10.4. The van der Waals surface area contributed by atoms with Gasteiger partial charge >= 0.3 is 183 Å². The van der Waals surface area contributed by atoms with E-state index >= 15 is 0 Å². The van der Waals surface area contributed by atoms with E-state index < -0.39 is 54.3 Å². The molecule has 2 aromatic carbocycles. The molecule has 0 bridgehead atoms. The van der Waals surface area contributed by atoms with Gasteiger partial charge in [-0.3, -0.25) is 0 Å². The summed E-state index contributed by atoms with van der Waals surface area (Å²) in [4.78, 5) is 35.3. The molecule has 0 fully saturated rings. The Labute approximate surface area is 183 Å². The first-order valence-electron chi connectivity index (χ1n) is 9.12. The Bertz CT molecular complexity index is 1090. The molecule has 0 aliphatic heterocycles. The van der Waals surface area contributed by atoms with Crippen LogP contribution in [0.15, 0.2) is 42.5 Å². The molecule has 3 N–H and O–H groups in total. The van der Waals surface area contributed by atoms with Crippen LogP contribution in [0.4, 0.5) is 18.9 Å². The molecule has 0 spiro atoms. The fourth-order valence-corrected chi connectivity index (χ4v) is 5.08. The molecule has 12 heteroatoms. The standard InChI is InChI=1S/C20H19AsF3NO7/c1-12(26)25-18-10-15(27)7-8-17(18)21(30,31)32-19(29)11-16(28)6-5-13-3-2-4-14(9-13)20(22,23)24/h2-4,7-10,27H,5-6,11H2,1H3,(H,25,26)(H,30,31). The number of Topliss-reactive ketones (excluding diaryl/α,β-unsaturated/α-hetero) is 1. The molecule has 0 radical (unpaired) electrons. The Kier molecular flexibility index (Phi) is 7.92. The molecule has 2 rings (SSSR count). The number of carbonyl (C=O) groups is 3. The van der Waals surface area contributed by atoms with Crippen molar-refractivity contribution in [3.63, 3.8) is 0 Å². The normalized spacial score (nSPS) is 13.2. The SMILES string of the molecule is CC(=O)Nc1cc(O)ccc1[As](=O)(O)OC(=O)CC(=O)CCc1cccc(C(F)(F)F)c1. The van der Waals surface area contributed by atoms with Gasteiger partial charge in [0, 0.05) is 0 Å². The molecule has 0 aliphatic rings. The van der Waals surface area contributed by atoms with Gasteiger partial charge in [-0.15, -0.1) is 0 Å². The van der Waals surface area contributed by atoms with Crippen LogP contribution < -0.4 is 9.67 Å². The predicted octanol–water partition coefficient (Wildman–Crippen LogP) is 2.07. The number of aryl methyl sites for hydroxylation is 1. The molecule has 0 heterocycles. The summed E-state index contributed by atoms with van der Waals surface area (Å²) in [5.74, 6) is -2.92. The summed E-state index contributed by atoms with van der Waals surface area (Å²) in [6.07, 6.45) is -5.74. The fourth-order valence-electron chi connectivity index (χ4n) is 2.72. The Morgan fingerprint density at radius 3 is 2.44 bits per heavy atom. The van der Waals surface area contributed by atoms with Gasteiger partial charge in [0.15, 0.2) is 0 Å². The topological polar surface area (TPSA) is 130 Å². The summed E-state index contributed by atoms with van der Waals surface area (Å²) in [7, 11) is 0. The first-order valence-corrected chi connectivity index (χ1v) is 12.4. The molecule has 0 aromatic heterocycles. The Balaban J connectivity index is 2.01. The number of carbonyl (C=O) groups excluding carboxylic acids is 3. The van der Waals surface area contributed by atoms with E-state index in [1.807, 2.05) is 0 Å². The average molecular weight is 517 g/mol. The van der Waals surface area contributed by atoms with E-state index in [4.69, 9.17) is 0 Å². The molecule has 1 atom stereocenters. The number of halogens is 3. The van der Waals surface area contributed by atoms with Crippen LogP contribution in [0.2, 0.25) is 0 Å². The number of benzene rings is 2. The number of aromatic hydroxyl groups is 1. The van der Waals surface area contributed by atoms with Crippen LogP contribution in [-0.2, 0) is 34.4 Å². The minimum atomic E-state index is -5.56. The zero-order chi connectivity index (χ0) is 24.1. The van der Waals surface area contributed by atoms with E-state index in [1.165, 1.54) is 12.1 Å². The number of anilines is 1. The third kappa shape index (κ3) is 7.28. The molecule has 2 aromatic rings. The van der Waals surface area contributed by atoms with Crippen molar-refractivity contribution in [2.75, 3.05) is 5.32 Å². The van der Waals surface area contributed by atoms with Crippen LogP contribution in [-0.4, -0.2) is 41.0 Å². The maximum atomic E-state index is 12.7. The van der Waals surface area contributed by atoms with E-state index in [2.05, 4.69) is 9.04 Å². The number of ketones is 1. The molecule has 0 aliphatic carbocycles. The molecule has 32 heavy (non-hydrogen) atoms. The van der Waals surface area contributed by atoms with Gasteiger partial charge in [0.2, 0.25) is 0 Å². The summed E-state index contributed by atoms with van der Waals surface area (Å²) in [5, 5.41) is 11.7. The quantitative estimate of drug-likeness (QED) is 0.361. The molecule has 1 unspecified atom stereocenters. The monoisotopic (exact) mass is 517 g/mol. The van der Waals surface area contributed by atoms with Crippen molar-refractivity contribution in [2.24, 2.45) is 0 Å². The van der Waals surface area contributed by atoms with Gasteiger partial charge in [-0.2, -0.15) is 0 Å². The third-order valence-corrected chi connectivity index (χ3v) is 7.15. The number of phenolic OH excluding ortho intramolecular Hbond substituents is 1. The molecular weight excluding hydrogens is 498 g/mol. The van der Waals surface area contributed by atoms with Gasteiger partial charge in [0.25, 0.3) is 0 Å². The number of hydrogen-bond acceptors (Lipinski definition) is 6. The van der Waals surface area contributed by atoms with E-state index in [1.54, 1.807) is 0 Å². The van der Waals surface area contributed by atoms with Crippen LogP contribution in [0.3, 0.4) is 0 Å². The number of rotatable bonds is 8. The number of amides is 1. The number of hydrogen-bond donors (Lipinski definition) is 3. The number of alkyl halides is 3. The number of nitrogens with one attached hydrogen (secondary N) is 1. The van der Waals surface area contributed by atoms with Crippen molar-refractivity contribution < 1.29 is 44.2 Å². The Morgan fingerprint density at radius 2 is 1.81 bits per heavy atom. The van der Waals surface area contributed by atoms with Gasteiger partial charge in [-0.1, -0.05) is 0 Å². The van der Waals surface area contributed by atoms with Crippen LogP contribution in [0, 0.1) is 0 Å². The first kappa shape index (κ1) is 25.2. The minimum absolute atomic E-state index is 0.0670. The fraction of sp³-hybridized carbons (Fsp3) is 0.250. The summed E-state index contributed by atoms with van der Waals surface area (Å²) in [5.41, 5.74) is -0.858. The molecule has 1 amide bonds. The second-order valence-electron chi connectivity index (χ2n) is 6.78. The zero-order valence-corrected chi connectivity index (χ0v) is 18.6. The van der Waals surface area contributed by atoms with Crippen LogP contribution in [0.1, 0.15) is 30.9 Å². The van der Waals surface area contributed by atoms with E-state index in [0.29, 0.717) is 0 Å². The molecular formula is C20H19AsF3NO7. The first-order chi connectivity index (χ1) is 14.8. The summed E-state index contributed by atoms with van der Waals surface area (Å²) in [6.45, 7) is 1.12. The molecule has 172 valence electrons. The van der Waals surface area contributed by atoms with E-state index in [9.17, 15) is 40.5 Å². The maximum absolute atomic E-state index is 12.7. The van der Waals surface area contributed by atoms with Crippen molar-refractivity contribution >= 4 is 41.9 Å². The van der Waals surface area contributed by atoms with Crippen molar-refractivity contribution in [2.45, 2.75) is 32.4 Å². The van der Waals surface area contributed by atoms with Crippen molar-refractivity contribution in [1.29, 1.82) is 0 Å². The average Bonchev–Trinajstić information content (AvgIpc) is 2.64. The summed E-state index contributed by atoms with van der Waals surface area (Å²) >= 11 is -5.56. The van der Waals surface area contributed by atoms with Crippen molar-refractivity contribution in [3.05, 3.63) is 53.6 Å². The Morgan fingerprint density at radius 1 is 1.12 bits per heavy atom. The molecule has 0 saturated heterocycles. The molecule has 8 nitrogen and oxygen atoms in total. The van der Waals surface area contributed by atoms with Gasteiger partial charge < -0.3 is 0 Å². The summed E-state index contributed by atoms with van der Waals surface area (Å²) in [6, 6.07) is 7.44.